The number of piperazine rings is 1. The van der Waals surface area contributed by atoms with Crippen LogP contribution in [0.4, 0.5) is 0 Å². The van der Waals surface area contributed by atoms with Crippen molar-refractivity contribution in [1.82, 2.24) is 25.0 Å². The van der Waals surface area contributed by atoms with Crippen LogP contribution in [0.15, 0.2) is 35.7 Å². The summed E-state index contributed by atoms with van der Waals surface area (Å²) in [6.45, 7) is 6.86. The highest BCUT2D eigenvalue weighted by atomic mass is 32.2. The summed E-state index contributed by atoms with van der Waals surface area (Å²) in [4.78, 5) is 21.4. The third-order valence-corrected chi connectivity index (χ3v) is 5.13. The standard InChI is InChI=1S/C17H23N5OS/c1-2-7-21-8-10-22(11-9-21)16(23)15-6-4-3-5-14(15)12-24-17-18-13-19-20-17/h3-6,13H,2,7-12H2,1H3,(H,18,19,20). The number of benzene rings is 1. The lowest BCUT2D eigenvalue weighted by atomic mass is 10.1. The van der Waals surface area contributed by atoms with Crippen molar-refractivity contribution in [1.29, 1.82) is 0 Å². The lowest BCUT2D eigenvalue weighted by Crippen LogP contribution is -2.48. The summed E-state index contributed by atoms with van der Waals surface area (Å²) in [5.41, 5.74) is 1.84. The van der Waals surface area contributed by atoms with Gasteiger partial charge in [-0.1, -0.05) is 36.9 Å². The van der Waals surface area contributed by atoms with E-state index >= 15 is 0 Å². The molecule has 1 saturated heterocycles. The maximum atomic E-state index is 12.9. The molecular formula is C17H23N5OS. The fourth-order valence-corrected chi connectivity index (χ4v) is 3.71. The quantitative estimate of drug-likeness (QED) is 0.814. The predicted octanol–water partition coefficient (Wildman–Crippen LogP) is 2.26. The molecule has 0 spiro atoms. The molecule has 0 radical (unpaired) electrons. The zero-order chi connectivity index (χ0) is 16.8. The second kappa shape index (κ2) is 8.30. The van der Waals surface area contributed by atoms with Crippen molar-refractivity contribution in [2.45, 2.75) is 24.3 Å². The summed E-state index contributed by atoms with van der Waals surface area (Å²) in [6, 6.07) is 7.86. The zero-order valence-corrected chi connectivity index (χ0v) is 14.8. The molecule has 0 bridgehead atoms. The second-order valence-electron chi connectivity index (χ2n) is 5.87. The SMILES string of the molecule is CCCN1CCN(C(=O)c2ccccc2CSc2ncn[nH]2)CC1. The van der Waals surface area contributed by atoms with Gasteiger partial charge in [0.25, 0.3) is 5.91 Å². The first-order valence-electron chi connectivity index (χ1n) is 8.35. The van der Waals surface area contributed by atoms with Crippen LogP contribution in [0, 0.1) is 0 Å². The first-order chi connectivity index (χ1) is 11.8. The van der Waals surface area contributed by atoms with Gasteiger partial charge in [-0.2, -0.15) is 5.10 Å². The molecule has 1 fully saturated rings. The minimum absolute atomic E-state index is 0.139. The predicted molar refractivity (Wildman–Crippen MR) is 95.0 cm³/mol. The summed E-state index contributed by atoms with van der Waals surface area (Å²) in [5.74, 6) is 0.840. The normalized spacial score (nSPS) is 15.6. The Bertz CT molecular complexity index is 653. The van der Waals surface area contributed by atoms with Crippen LogP contribution >= 0.6 is 11.8 Å². The molecule has 24 heavy (non-hydrogen) atoms. The summed E-state index contributed by atoms with van der Waals surface area (Å²) in [6.07, 6.45) is 2.66. The van der Waals surface area contributed by atoms with Crippen LogP contribution in [0.3, 0.4) is 0 Å². The van der Waals surface area contributed by atoms with Crippen LogP contribution in [0.1, 0.15) is 29.3 Å². The topological polar surface area (TPSA) is 65.1 Å². The molecule has 1 amide bonds. The summed E-state index contributed by atoms with van der Waals surface area (Å²) >= 11 is 1.56. The Morgan fingerprint density at radius 1 is 1.25 bits per heavy atom. The number of carbonyl (C=O) groups excluding carboxylic acids is 1. The average Bonchev–Trinajstić information content (AvgIpc) is 3.14. The molecule has 0 unspecified atom stereocenters. The van der Waals surface area contributed by atoms with E-state index in [9.17, 15) is 4.79 Å². The van der Waals surface area contributed by atoms with Crippen LogP contribution in [0.2, 0.25) is 0 Å². The molecule has 1 aromatic heterocycles. The smallest absolute Gasteiger partial charge is 0.254 e. The van der Waals surface area contributed by atoms with Crippen molar-refractivity contribution in [2.75, 3.05) is 32.7 Å². The number of aromatic nitrogens is 3. The molecule has 2 aromatic rings. The molecule has 7 heteroatoms. The van der Waals surface area contributed by atoms with Crippen molar-refractivity contribution < 1.29 is 4.79 Å². The summed E-state index contributed by atoms with van der Waals surface area (Å²) in [7, 11) is 0. The van der Waals surface area contributed by atoms with Crippen molar-refractivity contribution in [3.05, 3.63) is 41.7 Å². The Labute approximate surface area is 146 Å². The van der Waals surface area contributed by atoms with Crippen molar-refractivity contribution in [2.24, 2.45) is 0 Å². The minimum Gasteiger partial charge on any atom is -0.336 e. The molecule has 0 atom stereocenters. The Hall–Kier alpha value is -1.86. The third-order valence-electron chi connectivity index (χ3n) is 4.20. The molecule has 1 aromatic carbocycles. The fourth-order valence-electron chi connectivity index (χ4n) is 2.93. The Morgan fingerprint density at radius 3 is 2.75 bits per heavy atom. The first-order valence-corrected chi connectivity index (χ1v) is 9.34. The van der Waals surface area contributed by atoms with E-state index < -0.39 is 0 Å². The highest BCUT2D eigenvalue weighted by Crippen LogP contribution is 2.22. The highest BCUT2D eigenvalue weighted by Gasteiger charge is 2.23. The molecule has 6 nitrogen and oxygen atoms in total. The number of H-pyrrole nitrogens is 1. The number of rotatable bonds is 6. The van der Waals surface area contributed by atoms with Crippen molar-refractivity contribution in [3.8, 4) is 0 Å². The van der Waals surface area contributed by atoms with Gasteiger partial charge in [0.1, 0.15) is 6.33 Å². The number of nitrogens with one attached hydrogen (secondary N) is 1. The van der Waals surface area contributed by atoms with Gasteiger partial charge in [0.05, 0.1) is 0 Å². The summed E-state index contributed by atoms with van der Waals surface area (Å²) in [5, 5.41) is 7.46. The minimum atomic E-state index is 0.139. The maximum absolute atomic E-state index is 12.9. The van der Waals surface area contributed by atoms with E-state index in [0.29, 0.717) is 5.75 Å². The average molecular weight is 345 g/mol. The van der Waals surface area contributed by atoms with Gasteiger partial charge >= 0.3 is 0 Å². The Balaban J connectivity index is 1.64. The van der Waals surface area contributed by atoms with E-state index in [1.54, 1.807) is 11.8 Å². The maximum Gasteiger partial charge on any atom is 0.254 e. The Morgan fingerprint density at radius 2 is 2.04 bits per heavy atom. The van der Waals surface area contributed by atoms with E-state index in [2.05, 4.69) is 27.0 Å². The lowest BCUT2D eigenvalue weighted by molar-refractivity contribution is 0.0636. The van der Waals surface area contributed by atoms with Crippen LogP contribution in [-0.4, -0.2) is 63.6 Å². The molecule has 1 aliphatic rings. The van der Waals surface area contributed by atoms with E-state index in [1.807, 2.05) is 29.2 Å². The second-order valence-corrected chi connectivity index (χ2v) is 6.83. The number of thioether (sulfide) groups is 1. The summed E-state index contributed by atoms with van der Waals surface area (Å²) < 4.78 is 0. The number of hydrogen-bond acceptors (Lipinski definition) is 5. The first kappa shape index (κ1) is 17.0. The van der Waals surface area contributed by atoms with Crippen molar-refractivity contribution in [3.63, 3.8) is 0 Å². The lowest BCUT2D eigenvalue weighted by Gasteiger charge is -2.34. The van der Waals surface area contributed by atoms with E-state index in [0.717, 1.165) is 55.4 Å². The monoisotopic (exact) mass is 345 g/mol. The zero-order valence-electron chi connectivity index (χ0n) is 13.9. The molecule has 2 heterocycles. The van der Waals surface area contributed by atoms with Gasteiger partial charge < -0.3 is 4.90 Å². The van der Waals surface area contributed by atoms with Gasteiger partial charge in [0.15, 0.2) is 5.16 Å². The number of nitrogens with zero attached hydrogens (tertiary/aromatic N) is 4. The van der Waals surface area contributed by atoms with Gasteiger partial charge in [-0.25, -0.2) is 4.98 Å². The molecular weight excluding hydrogens is 322 g/mol. The van der Waals surface area contributed by atoms with E-state index in [4.69, 9.17) is 0 Å². The molecule has 0 aliphatic carbocycles. The van der Waals surface area contributed by atoms with Crippen LogP contribution in [0.25, 0.3) is 0 Å². The molecule has 0 saturated carbocycles. The third kappa shape index (κ3) is 4.15. The molecule has 1 N–H and O–H groups in total. The van der Waals surface area contributed by atoms with Gasteiger partial charge in [-0.3, -0.25) is 14.8 Å². The van der Waals surface area contributed by atoms with Gasteiger partial charge in [-0.15, -0.1) is 0 Å². The molecule has 3 rings (SSSR count). The van der Waals surface area contributed by atoms with Crippen LogP contribution in [-0.2, 0) is 5.75 Å². The number of amides is 1. The number of hydrogen-bond donors (Lipinski definition) is 1. The molecule has 1 aliphatic heterocycles. The Kier molecular flexibility index (Phi) is 5.87. The highest BCUT2D eigenvalue weighted by molar-refractivity contribution is 7.98. The van der Waals surface area contributed by atoms with Gasteiger partial charge in [-0.05, 0) is 24.6 Å². The molecule has 128 valence electrons. The van der Waals surface area contributed by atoms with E-state index in [1.165, 1.54) is 6.33 Å². The largest absolute Gasteiger partial charge is 0.336 e. The number of carbonyl (C=O) groups is 1. The fraction of sp³-hybridized carbons (Fsp3) is 0.471. The van der Waals surface area contributed by atoms with E-state index in [-0.39, 0.29) is 5.91 Å². The van der Waals surface area contributed by atoms with Gasteiger partial charge in [0.2, 0.25) is 0 Å². The van der Waals surface area contributed by atoms with Crippen LogP contribution in [0.5, 0.6) is 0 Å². The van der Waals surface area contributed by atoms with Crippen molar-refractivity contribution >= 4 is 17.7 Å². The van der Waals surface area contributed by atoms with Gasteiger partial charge in [0, 0.05) is 37.5 Å². The number of aromatic amines is 1. The van der Waals surface area contributed by atoms with Crippen LogP contribution < -0.4 is 0 Å².